The summed E-state index contributed by atoms with van der Waals surface area (Å²) in [5.74, 6) is -1.09. The van der Waals surface area contributed by atoms with Crippen molar-refractivity contribution in [2.45, 2.75) is 80.6 Å². The number of hydrogen-bond acceptors (Lipinski definition) is 11. The van der Waals surface area contributed by atoms with Crippen molar-refractivity contribution in [3.05, 3.63) is 162 Å². The molecule has 2 unspecified atom stereocenters. The normalized spacial score (nSPS) is 15.0. The number of aromatic carboxylic acids is 1. The lowest BCUT2D eigenvalue weighted by Crippen LogP contribution is -2.39. The molecule has 2 aliphatic rings. The number of carboxylic acids is 1. The first-order valence-electron chi connectivity index (χ1n) is 25.5. The van der Waals surface area contributed by atoms with Crippen LogP contribution in [0.3, 0.4) is 0 Å². The van der Waals surface area contributed by atoms with Gasteiger partial charge in [-0.05, 0) is 126 Å². The van der Waals surface area contributed by atoms with Gasteiger partial charge in [-0.25, -0.2) is 9.63 Å². The minimum absolute atomic E-state index is 0.0688. The van der Waals surface area contributed by atoms with E-state index >= 15 is 0 Å². The van der Waals surface area contributed by atoms with Crippen LogP contribution in [-0.2, 0) is 36.7 Å². The van der Waals surface area contributed by atoms with E-state index in [0.717, 1.165) is 104 Å². The highest BCUT2D eigenvalue weighted by atomic mass is 35.5. The molecule has 2 saturated heterocycles. The fourth-order valence-corrected chi connectivity index (χ4v) is 10.6. The Kier molecular flexibility index (Phi) is 17.3. The van der Waals surface area contributed by atoms with Gasteiger partial charge < -0.3 is 38.7 Å². The van der Waals surface area contributed by atoms with E-state index in [1.165, 1.54) is 0 Å². The summed E-state index contributed by atoms with van der Waals surface area (Å²) in [6.45, 7) is 22.5. The van der Waals surface area contributed by atoms with Crippen LogP contribution in [0.5, 0.6) is 0 Å². The number of carbonyl (C=O) groups is 2. The number of rotatable bonds is 12. The summed E-state index contributed by atoms with van der Waals surface area (Å²) in [6.07, 6.45) is 11.8. The highest BCUT2D eigenvalue weighted by Crippen LogP contribution is 2.34. The number of amides is 1. The van der Waals surface area contributed by atoms with E-state index in [1.807, 2.05) is 105 Å². The number of carbonyl (C=O) groups excluding carboxylic acids is 1. The second-order valence-electron chi connectivity index (χ2n) is 19.8. The molecule has 76 heavy (non-hydrogen) atoms. The Morgan fingerprint density at radius 3 is 1.45 bits per heavy atom. The predicted molar refractivity (Wildman–Crippen MR) is 294 cm³/mol. The first kappa shape index (κ1) is 55.1. The van der Waals surface area contributed by atoms with Gasteiger partial charge >= 0.3 is 5.97 Å². The molecule has 5 N–H and O–H groups in total. The number of nitrogens with one attached hydrogen (secondary N) is 4. The molecule has 402 valence electrons. The SMILES string of the molecule is Cc1c(C(=O)O)cc2cc(-c3cnn(C)c3)cn2c1C(C)N1CCOCC1.Cc1cc(C)c(CNC(=O)c2cc3cc(-c4cnn(C)c4)cn3c(C(C)N3CCOCC3)c2C)c(=O)[nH]1.Cc1cc(C)c(CNCl)c(=O)[nH]1. The monoisotopic (exact) mass is 1060 g/mol. The van der Waals surface area contributed by atoms with Crippen LogP contribution in [-0.4, -0.2) is 118 Å². The summed E-state index contributed by atoms with van der Waals surface area (Å²) in [4.78, 5) is 61.9. The van der Waals surface area contributed by atoms with Crippen LogP contribution in [0, 0.1) is 41.5 Å². The average Bonchev–Trinajstić information content (AvgIpc) is 4.24. The first-order valence-corrected chi connectivity index (χ1v) is 25.9. The molecule has 0 spiro atoms. The topological polar surface area (TPSA) is 214 Å². The van der Waals surface area contributed by atoms with E-state index in [-0.39, 0.29) is 35.7 Å². The molecule has 0 aliphatic carbocycles. The molecule has 19 nitrogen and oxygen atoms in total. The minimum Gasteiger partial charge on any atom is -0.478 e. The van der Waals surface area contributed by atoms with E-state index in [4.69, 9.17) is 21.3 Å². The van der Waals surface area contributed by atoms with Crippen LogP contribution in [0.15, 0.2) is 83.2 Å². The van der Waals surface area contributed by atoms with Gasteiger partial charge in [-0.1, -0.05) is 0 Å². The maximum absolute atomic E-state index is 13.5. The maximum atomic E-state index is 13.5. The molecule has 2 aliphatic heterocycles. The van der Waals surface area contributed by atoms with Crippen molar-refractivity contribution in [2.24, 2.45) is 14.1 Å². The number of aromatic nitrogens is 8. The zero-order valence-corrected chi connectivity index (χ0v) is 45.8. The molecule has 0 saturated carbocycles. The quantitative estimate of drug-likeness (QED) is 0.0766. The van der Waals surface area contributed by atoms with Crippen LogP contribution in [0.4, 0.5) is 0 Å². The van der Waals surface area contributed by atoms with Gasteiger partial charge in [0, 0.05) is 163 Å². The van der Waals surface area contributed by atoms with Crippen LogP contribution in [0.1, 0.15) is 103 Å². The average molecular weight is 1060 g/mol. The van der Waals surface area contributed by atoms with Crippen LogP contribution in [0.25, 0.3) is 33.3 Å². The fourth-order valence-electron chi connectivity index (χ4n) is 10.5. The molecule has 0 aromatic carbocycles. The predicted octanol–water partition coefficient (Wildman–Crippen LogP) is 7.25. The number of pyridine rings is 4. The molecule has 8 aromatic rings. The van der Waals surface area contributed by atoms with Crippen molar-refractivity contribution in [1.82, 2.24) is 58.3 Å². The van der Waals surface area contributed by atoms with Gasteiger partial charge in [0.25, 0.3) is 17.0 Å². The number of hydrogen-bond donors (Lipinski definition) is 5. The van der Waals surface area contributed by atoms with Crippen molar-refractivity contribution >= 4 is 34.7 Å². The maximum Gasteiger partial charge on any atom is 0.336 e. The summed E-state index contributed by atoms with van der Waals surface area (Å²) < 4.78 is 18.9. The van der Waals surface area contributed by atoms with Crippen LogP contribution < -0.4 is 21.3 Å². The van der Waals surface area contributed by atoms with Crippen LogP contribution >= 0.6 is 11.8 Å². The molecule has 8 aromatic heterocycles. The number of morpholine rings is 2. The van der Waals surface area contributed by atoms with Gasteiger partial charge in [0.15, 0.2) is 0 Å². The lowest BCUT2D eigenvalue weighted by atomic mass is 10.0. The van der Waals surface area contributed by atoms with Gasteiger partial charge in [0.2, 0.25) is 0 Å². The number of aryl methyl sites for hydroxylation is 6. The molecule has 0 bridgehead atoms. The third-order valence-corrected chi connectivity index (χ3v) is 14.7. The fraction of sp³-hybridized carbons (Fsp3) is 0.393. The van der Waals surface area contributed by atoms with E-state index in [0.29, 0.717) is 55.2 Å². The van der Waals surface area contributed by atoms with Crippen molar-refractivity contribution in [1.29, 1.82) is 0 Å². The molecule has 2 fully saturated rings. The molecule has 0 radical (unpaired) electrons. The molecule has 10 rings (SSSR count). The van der Waals surface area contributed by atoms with Gasteiger partial charge in [-0.3, -0.25) is 33.5 Å². The highest BCUT2D eigenvalue weighted by Gasteiger charge is 2.28. The zero-order chi connectivity index (χ0) is 54.5. The van der Waals surface area contributed by atoms with E-state index in [2.05, 4.69) is 81.2 Å². The van der Waals surface area contributed by atoms with Gasteiger partial charge in [0.05, 0.1) is 44.4 Å². The Hall–Kier alpha value is -7.13. The Balaban J connectivity index is 0.000000171. The standard InChI is InChI=1S/C28H34N6O3.C20H24N4O3.C8H11ClN2O/c1-17-10-18(2)31-28(36)25(17)14-29-27(35)24-12-23-11-21(22-13-30-32(5)15-22)16-34(23)26(19(24)3)20(4)33-6-8-37-9-7-33;1-13-18(20(25)26)9-17-8-15(16-10-21-22(3)11-16)12-24(17)19(13)14(2)23-4-6-27-7-5-23;1-5-3-6(2)11-8(12)7(5)4-10-9/h10-13,15-16,20H,6-9,14H2,1-5H3,(H,29,35)(H,31,36);8-12,14H,4-7H2,1-3H3,(H,25,26);3,10H,4H2,1-2H3,(H,11,12). The second kappa shape index (κ2) is 23.8. The molecule has 2 atom stereocenters. The Bertz CT molecular complexity index is 3520. The Morgan fingerprint density at radius 1 is 0.632 bits per heavy atom. The van der Waals surface area contributed by atoms with E-state index in [9.17, 15) is 24.3 Å². The van der Waals surface area contributed by atoms with E-state index < -0.39 is 5.97 Å². The summed E-state index contributed by atoms with van der Waals surface area (Å²) in [6, 6.07) is 11.8. The number of aromatic amines is 2. The van der Waals surface area contributed by atoms with Gasteiger partial charge in [-0.2, -0.15) is 10.2 Å². The summed E-state index contributed by atoms with van der Waals surface area (Å²) in [5, 5.41) is 21.3. The number of carboxylic acid groups (broad SMARTS) is 1. The summed E-state index contributed by atoms with van der Waals surface area (Å²) >= 11 is 5.32. The highest BCUT2D eigenvalue weighted by molar-refractivity contribution is 6.13. The zero-order valence-electron chi connectivity index (χ0n) is 45.0. The Labute approximate surface area is 446 Å². The first-order chi connectivity index (χ1) is 36.3. The lowest BCUT2D eigenvalue weighted by Gasteiger charge is -2.34. The lowest BCUT2D eigenvalue weighted by molar-refractivity contribution is 0.0186. The number of H-pyrrole nitrogens is 2. The third-order valence-electron chi connectivity index (χ3n) is 14.6. The largest absolute Gasteiger partial charge is 0.478 e. The van der Waals surface area contributed by atoms with Crippen molar-refractivity contribution < 1.29 is 24.2 Å². The smallest absolute Gasteiger partial charge is 0.336 e. The molecule has 1 amide bonds. The number of fused-ring (bicyclic) bond motifs is 2. The molecule has 10 heterocycles. The third kappa shape index (κ3) is 12.1. The molecular weight excluding hydrogens is 988 g/mol. The minimum atomic E-state index is -0.894. The van der Waals surface area contributed by atoms with Gasteiger partial charge in [-0.15, -0.1) is 0 Å². The summed E-state index contributed by atoms with van der Waals surface area (Å²) in [5.41, 5.74) is 15.2. The van der Waals surface area contributed by atoms with Crippen molar-refractivity contribution in [2.75, 3.05) is 52.6 Å². The van der Waals surface area contributed by atoms with Crippen molar-refractivity contribution in [3.8, 4) is 22.3 Å². The second-order valence-corrected chi connectivity index (χ2v) is 20.1. The van der Waals surface area contributed by atoms with Crippen LogP contribution in [0.2, 0.25) is 0 Å². The Morgan fingerprint density at radius 2 is 1.05 bits per heavy atom. The summed E-state index contributed by atoms with van der Waals surface area (Å²) in [7, 11) is 3.79. The number of halogens is 1. The van der Waals surface area contributed by atoms with Crippen molar-refractivity contribution in [3.63, 3.8) is 0 Å². The number of ether oxygens (including phenoxy) is 2. The van der Waals surface area contributed by atoms with E-state index in [1.54, 1.807) is 15.4 Å². The number of nitrogens with zero attached hydrogens (tertiary/aromatic N) is 8. The molecule has 20 heteroatoms. The van der Waals surface area contributed by atoms with Gasteiger partial charge in [0.1, 0.15) is 0 Å². The molecular formula is C56H69ClN12O7.